The third-order valence-corrected chi connectivity index (χ3v) is 3.67. The number of carbonyl (C=O) groups is 1. The minimum atomic E-state index is -0.405. The molecule has 18 heavy (non-hydrogen) atoms. The van der Waals surface area contributed by atoms with Crippen LogP contribution in [-0.4, -0.2) is 28.1 Å². The topological polar surface area (TPSA) is 40.5 Å². The molecule has 98 valence electrons. The molecule has 0 aromatic heterocycles. The predicted molar refractivity (Wildman–Crippen MR) is 70.9 cm³/mol. The Bertz CT molecular complexity index is 391. The van der Waals surface area contributed by atoms with Crippen LogP contribution in [0.15, 0.2) is 30.3 Å². The number of likely N-dealkylation sites (tertiary alicyclic amines) is 1. The van der Waals surface area contributed by atoms with Gasteiger partial charge in [0.1, 0.15) is 0 Å². The van der Waals surface area contributed by atoms with Gasteiger partial charge < -0.3 is 10.0 Å². The number of hydrogen-bond donors (Lipinski definition) is 1. The van der Waals surface area contributed by atoms with E-state index in [0.29, 0.717) is 19.4 Å². The molecule has 1 fully saturated rings. The summed E-state index contributed by atoms with van der Waals surface area (Å²) in [4.78, 5) is 13.9. The van der Waals surface area contributed by atoms with Gasteiger partial charge in [-0.25, -0.2) is 0 Å². The Kier molecular flexibility index (Phi) is 4.37. The molecule has 1 heterocycles. The maximum absolute atomic E-state index is 12.0. The zero-order chi connectivity index (χ0) is 13.0. The van der Waals surface area contributed by atoms with Gasteiger partial charge in [0.15, 0.2) is 0 Å². The van der Waals surface area contributed by atoms with Gasteiger partial charge in [-0.2, -0.15) is 0 Å². The molecular formula is C15H21NO2. The van der Waals surface area contributed by atoms with Crippen LogP contribution in [-0.2, 0) is 11.3 Å². The lowest BCUT2D eigenvalue weighted by atomic mass is 9.95. The zero-order valence-electron chi connectivity index (χ0n) is 10.9. The molecular weight excluding hydrogens is 226 g/mol. The lowest BCUT2D eigenvalue weighted by molar-refractivity contribution is -0.140. The molecule has 2 atom stereocenters. The largest absolute Gasteiger partial charge is 0.391 e. The van der Waals surface area contributed by atoms with Gasteiger partial charge in [0, 0.05) is 13.0 Å². The van der Waals surface area contributed by atoms with Crippen molar-refractivity contribution in [3.63, 3.8) is 0 Å². The number of nitrogens with zero attached hydrogens (tertiary/aromatic N) is 1. The second-order valence-electron chi connectivity index (χ2n) is 4.94. The van der Waals surface area contributed by atoms with Crippen LogP contribution in [0, 0.1) is 0 Å². The maximum atomic E-state index is 12.0. The van der Waals surface area contributed by atoms with Crippen LogP contribution in [0.3, 0.4) is 0 Å². The number of amides is 1. The van der Waals surface area contributed by atoms with Gasteiger partial charge in [-0.05, 0) is 24.8 Å². The molecule has 1 aliphatic rings. The summed E-state index contributed by atoms with van der Waals surface area (Å²) >= 11 is 0. The van der Waals surface area contributed by atoms with E-state index in [0.717, 1.165) is 18.4 Å². The van der Waals surface area contributed by atoms with Gasteiger partial charge >= 0.3 is 0 Å². The molecule has 0 bridgehead atoms. The lowest BCUT2D eigenvalue weighted by Gasteiger charge is -2.38. The standard InChI is InChI=1S/C15H21NO2/c1-2-14(17)13-9-6-10-15(18)16(13)11-12-7-4-3-5-8-12/h3-5,7-8,13-14,17H,2,6,9-11H2,1H3/t13-,14-/m0/s1. The smallest absolute Gasteiger partial charge is 0.223 e. The highest BCUT2D eigenvalue weighted by atomic mass is 16.3. The van der Waals surface area contributed by atoms with Crippen molar-refractivity contribution in [1.29, 1.82) is 0 Å². The van der Waals surface area contributed by atoms with Crippen molar-refractivity contribution in [1.82, 2.24) is 4.90 Å². The van der Waals surface area contributed by atoms with Gasteiger partial charge in [-0.3, -0.25) is 4.79 Å². The van der Waals surface area contributed by atoms with E-state index < -0.39 is 6.10 Å². The summed E-state index contributed by atoms with van der Waals surface area (Å²) in [5.74, 6) is 0.169. The molecule has 1 aromatic carbocycles. The van der Waals surface area contributed by atoms with Crippen LogP contribution in [0.25, 0.3) is 0 Å². The molecule has 0 saturated carbocycles. The number of piperidine rings is 1. The molecule has 0 spiro atoms. The number of rotatable bonds is 4. The van der Waals surface area contributed by atoms with Crippen molar-refractivity contribution in [2.45, 2.75) is 51.3 Å². The SMILES string of the molecule is CC[C@H](O)[C@@H]1CCCC(=O)N1Cc1ccccc1. The highest BCUT2D eigenvalue weighted by Gasteiger charge is 2.32. The first-order chi connectivity index (χ1) is 8.72. The first kappa shape index (κ1) is 13.1. The number of benzene rings is 1. The molecule has 3 nitrogen and oxygen atoms in total. The minimum Gasteiger partial charge on any atom is -0.391 e. The van der Waals surface area contributed by atoms with E-state index in [1.165, 1.54) is 0 Å². The van der Waals surface area contributed by atoms with Gasteiger partial charge in [-0.1, -0.05) is 37.3 Å². The second kappa shape index (κ2) is 6.01. The second-order valence-corrected chi connectivity index (χ2v) is 4.94. The third kappa shape index (κ3) is 2.91. The quantitative estimate of drug-likeness (QED) is 0.887. The Morgan fingerprint density at radius 1 is 1.39 bits per heavy atom. The normalized spacial score (nSPS) is 22.0. The number of hydrogen-bond acceptors (Lipinski definition) is 2. The average Bonchev–Trinajstić information content (AvgIpc) is 2.41. The molecule has 1 amide bonds. The van der Waals surface area contributed by atoms with Crippen LogP contribution in [0.5, 0.6) is 0 Å². The summed E-state index contributed by atoms with van der Waals surface area (Å²) in [7, 11) is 0. The molecule has 0 radical (unpaired) electrons. The van der Waals surface area contributed by atoms with E-state index in [2.05, 4.69) is 0 Å². The minimum absolute atomic E-state index is 0.0172. The lowest BCUT2D eigenvalue weighted by Crippen LogP contribution is -2.49. The van der Waals surface area contributed by atoms with Crippen LogP contribution >= 0.6 is 0 Å². The van der Waals surface area contributed by atoms with Gasteiger partial charge in [0.25, 0.3) is 0 Å². The fraction of sp³-hybridized carbons (Fsp3) is 0.533. The van der Waals surface area contributed by atoms with Crippen LogP contribution in [0.4, 0.5) is 0 Å². The van der Waals surface area contributed by atoms with E-state index in [4.69, 9.17) is 0 Å². The number of aliphatic hydroxyl groups is 1. The van der Waals surface area contributed by atoms with Crippen LogP contribution in [0.1, 0.15) is 38.2 Å². The molecule has 1 saturated heterocycles. The summed E-state index contributed by atoms with van der Waals surface area (Å²) in [5, 5.41) is 10.1. The van der Waals surface area contributed by atoms with Crippen molar-refractivity contribution in [3.05, 3.63) is 35.9 Å². The monoisotopic (exact) mass is 247 g/mol. The molecule has 1 aromatic rings. The zero-order valence-corrected chi connectivity index (χ0v) is 10.9. The number of aliphatic hydroxyl groups excluding tert-OH is 1. The van der Waals surface area contributed by atoms with E-state index in [-0.39, 0.29) is 11.9 Å². The molecule has 0 aliphatic carbocycles. The Morgan fingerprint density at radius 3 is 2.78 bits per heavy atom. The molecule has 1 N–H and O–H groups in total. The molecule has 2 rings (SSSR count). The Hall–Kier alpha value is -1.35. The first-order valence-corrected chi connectivity index (χ1v) is 6.74. The third-order valence-electron chi connectivity index (χ3n) is 3.67. The highest BCUT2D eigenvalue weighted by Crippen LogP contribution is 2.24. The number of carbonyl (C=O) groups excluding carboxylic acids is 1. The van der Waals surface area contributed by atoms with Crippen molar-refractivity contribution in [2.75, 3.05) is 0 Å². The van der Waals surface area contributed by atoms with Crippen LogP contribution in [0.2, 0.25) is 0 Å². The van der Waals surface area contributed by atoms with Gasteiger partial charge in [0.2, 0.25) is 5.91 Å². The summed E-state index contributed by atoms with van der Waals surface area (Å²) < 4.78 is 0. The summed E-state index contributed by atoms with van der Waals surface area (Å²) in [6.45, 7) is 2.58. The van der Waals surface area contributed by atoms with Crippen molar-refractivity contribution >= 4 is 5.91 Å². The van der Waals surface area contributed by atoms with Gasteiger partial charge in [-0.15, -0.1) is 0 Å². The predicted octanol–water partition coefficient (Wildman–Crippen LogP) is 2.34. The van der Waals surface area contributed by atoms with Crippen molar-refractivity contribution < 1.29 is 9.90 Å². The molecule has 3 heteroatoms. The molecule has 1 aliphatic heterocycles. The maximum Gasteiger partial charge on any atom is 0.223 e. The summed E-state index contributed by atoms with van der Waals surface area (Å²) in [6, 6.07) is 9.97. The van der Waals surface area contributed by atoms with Gasteiger partial charge in [0.05, 0.1) is 12.1 Å². The fourth-order valence-corrected chi connectivity index (χ4v) is 2.60. The van der Waals surface area contributed by atoms with Crippen molar-refractivity contribution in [2.24, 2.45) is 0 Å². The van der Waals surface area contributed by atoms with E-state index in [1.54, 1.807) is 0 Å². The van der Waals surface area contributed by atoms with E-state index >= 15 is 0 Å². The summed E-state index contributed by atoms with van der Waals surface area (Å²) in [6.07, 6.45) is 2.71. The Labute approximate surface area is 108 Å². The fourth-order valence-electron chi connectivity index (χ4n) is 2.60. The van der Waals surface area contributed by atoms with Crippen LogP contribution < -0.4 is 0 Å². The highest BCUT2D eigenvalue weighted by molar-refractivity contribution is 5.77. The molecule has 0 unspecified atom stereocenters. The average molecular weight is 247 g/mol. The summed E-state index contributed by atoms with van der Waals surface area (Å²) in [5.41, 5.74) is 1.13. The first-order valence-electron chi connectivity index (χ1n) is 6.74. The van der Waals surface area contributed by atoms with Crippen molar-refractivity contribution in [3.8, 4) is 0 Å². The van der Waals surface area contributed by atoms with E-state index in [1.807, 2.05) is 42.2 Å². The Morgan fingerprint density at radius 2 is 2.11 bits per heavy atom. The van der Waals surface area contributed by atoms with E-state index in [9.17, 15) is 9.90 Å². The Balaban J connectivity index is 2.12.